The van der Waals surface area contributed by atoms with Gasteiger partial charge in [-0.05, 0) is 80.1 Å². The molecule has 0 amide bonds. The second kappa shape index (κ2) is 18.3. The molecule has 17 heteroatoms. The molecule has 0 N–H and O–H groups in total. The van der Waals surface area contributed by atoms with Crippen LogP contribution in [0.2, 0.25) is 20.1 Å². The standard InChI is InChI=1S/C19H16Cl2N2O3S.C18H12Cl2N4O2S/c1-3-25-19(24)18(17-8-14(20)15(21)10-23-17)26-12-4-5-16-11(6-12)7-13(27-2)9-22-16;1-27-12-5-10-4-11(2-3-15(10)21-7-12)26-17(18-24-23-9-25-18)16-6-13(19)14(20)8-22-16/h4-10,18H,3H2,1-2H3;2-9,17H,1H3. The Morgan fingerprint density at radius 1 is 0.704 bits per heavy atom. The predicted molar refractivity (Wildman–Crippen MR) is 212 cm³/mol. The van der Waals surface area contributed by atoms with Gasteiger partial charge in [0.15, 0.2) is 0 Å². The summed E-state index contributed by atoms with van der Waals surface area (Å²) in [5.41, 5.74) is 2.53. The lowest BCUT2D eigenvalue weighted by Crippen LogP contribution is -2.22. The second-order valence-electron chi connectivity index (χ2n) is 11.0. The summed E-state index contributed by atoms with van der Waals surface area (Å²) in [7, 11) is 0. The van der Waals surface area contributed by atoms with E-state index in [1.807, 2.05) is 61.3 Å². The lowest BCUT2D eigenvalue weighted by Gasteiger charge is -2.18. The number of hydrogen-bond donors (Lipinski definition) is 0. The van der Waals surface area contributed by atoms with Crippen molar-refractivity contribution < 1.29 is 23.4 Å². The van der Waals surface area contributed by atoms with Gasteiger partial charge in [-0.25, -0.2) is 4.79 Å². The zero-order valence-corrected chi connectivity index (χ0v) is 33.2. The fraction of sp³-hybridized carbons (Fsp3) is 0.162. The zero-order chi connectivity index (χ0) is 38.2. The van der Waals surface area contributed by atoms with Crippen molar-refractivity contribution in [2.75, 3.05) is 19.1 Å². The van der Waals surface area contributed by atoms with Crippen LogP contribution in [-0.4, -0.2) is 55.2 Å². The third-order valence-corrected chi connectivity index (χ3v) is 10.3. The van der Waals surface area contributed by atoms with Crippen molar-refractivity contribution in [3.05, 3.63) is 129 Å². The highest BCUT2D eigenvalue weighted by molar-refractivity contribution is 7.98. The van der Waals surface area contributed by atoms with Crippen LogP contribution < -0.4 is 9.47 Å². The Morgan fingerprint density at radius 3 is 1.78 bits per heavy atom. The fourth-order valence-electron chi connectivity index (χ4n) is 4.95. The van der Waals surface area contributed by atoms with Gasteiger partial charge < -0.3 is 18.6 Å². The maximum atomic E-state index is 12.4. The van der Waals surface area contributed by atoms with Gasteiger partial charge in [0, 0.05) is 45.4 Å². The summed E-state index contributed by atoms with van der Waals surface area (Å²) >= 11 is 27.3. The number of thioether (sulfide) groups is 2. The van der Waals surface area contributed by atoms with Crippen LogP contribution in [0, 0.1) is 0 Å². The molecule has 0 saturated carbocycles. The monoisotopic (exact) mass is 840 g/mol. The first-order valence-corrected chi connectivity index (χ1v) is 19.9. The average molecular weight is 843 g/mol. The molecule has 0 fully saturated rings. The zero-order valence-electron chi connectivity index (χ0n) is 28.6. The van der Waals surface area contributed by atoms with E-state index >= 15 is 0 Å². The molecule has 5 aromatic heterocycles. The SMILES string of the molecule is CCOC(=O)C(Oc1ccc2ncc(SC)cc2c1)c1cc(Cl)c(Cl)cn1.CSc1cnc2ccc(OC(c3cc(Cl)c(Cl)cn3)c3nnco3)cc2c1. The molecule has 0 aliphatic carbocycles. The quantitative estimate of drug-likeness (QED) is 0.0904. The van der Waals surface area contributed by atoms with Crippen LogP contribution in [0.1, 0.15) is 36.4 Å². The topological polar surface area (TPSA) is 135 Å². The van der Waals surface area contributed by atoms with E-state index in [-0.39, 0.29) is 17.5 Å². The summed E-state index contributed by atoms with van der Waals surface area (Å²) in [6.45, 7) is 1.95. The number of fused-ring (bicyclic) bond motifs is 2. The molecule has 7 aromatic rings. The number of carbonyl (C=O) groups is 1. The van der Waals surface area contributed by atoms with Crippen LogP contribution >= 0.6 is 69.9 Å². The Bertz CT molecular complexity index is 2410. The summed E-state index contributed by atoms with van der Waals surface area (Å²) in [4.78, 5) is 31.8. The minimum atomic E-state index is -1.06. The summed E-state index contributed by atoms with van der Waals surface area (Å²) in [6, 6.07) is 18.2. The van der Waals surface area contributed by atoms with E-state index in [1.54, 1.807) is 42.6 Å². The molecule has 2 aromatic carbocycles. The van der Waals surface area contributed by atoms with E-state index in [0.29, 0.717) is 38.0 Å². The third-order valence-electron chi connectivity index (χ3n) is 7.53. The molecule has 5 heterocycles. The van der Waals surface area contributed by atoms with Crippen molar-refractivity contribution >= 4 is 97.7 Å². The molecule has 11 nitrogen and oxygen atoms in total. The van der Waals surface area contributed by atoms with Gasteiger partial charge in [-0.1, -0.05) is 46.4 Å². The van der Waals surface area contributed by atoms with Crippen molar-refractivity contribution in [1.82, 2.24) is 30.1 Å². The van der Waals surface area contributed by atoms with Crippen LogP contribution in [0.5, 0.6) is 11.5 Å². The maximum Gasteiger partial charge on any atom is 0.353 e. The fourth-order valence-corrected chi connectivity index (χ4v) is 6.28. The predicted octanol–water partition coefficient (Wildman–Crippen LogP) is 10.6. The third kappa shape index (κ3) is 9.64. The normalized spacial score (nSPS) is 12.1. The first kappa shape index (κ1) is 39.3. The molecule has 0 spiro atoms. The number of esters is 1. The Morgan fingerprint density at radius 2 is 1.26 bits per heavy atom. The molecule has 276 valence electrons. The van der Waals surface area contributed by atoms with E-state index in [9.17, 15) is 4.79 Å². The number of rotatable bonds is 11. The summed E-state index contributed by atoms with van der Waals surface area (Å²) in [5.74, 6) is 0.809. The number of ether oxygens (including phenoxy) is 3. The molecule has 2 unspecified atom stereocenters. The second-order valence-corrected chi connectivity index (χ2v) is 14.4. The lowest BCUT2D eigenvalue weighted by molar-refractivity contribution is -0.152. The number of benzene rings is 2. The lowest BCUT2D eigenvalue weighted by atomic mass is 10.2. The Hall–Kier alpha value is -4.37. The molecule has 2 atom stereocenters. The minimum Gasteiger partial charge on any atom is -0.474 e. The molecule has 0 radical (unpaired) electrons. The molecule has 7 rings (SSSR count). The first-order valence-electron chi connectivity index (χ1n) is 15.9. The average Bonchev–Trinajstić information content (AvgIpc) is 3.73. The molecule has 0 saturated heterocycles. The number of hydrogen-bond acceptors (Lipinski definition) is 13. The van der Waals surface area contributed by atoms with Crippen LogP contribution in [0.4, 0.5) is 0 Å². The van der Waals surface area contributed by atoms with Crippen LogP contribution in [-0.2, 0) is 9.53 Å². The Kier molecular flexibility index (Phi) is 13.3. The smallest absolute Gasteiger partial charge is 0.353 e. The van der Waals surface area contributed by atoms with Crippen molar-refractivity contribution in [2.24, 2.45) is 0 Å². The van der Waals surface area contributed by atoms with Gasteiger partial charge in [0.1, 0.15) is 11.5 Å². The molecule has 54 heavy (non-hydrogen) atoms. The molecular weight excluding hydrogens is 814 g/mol. The Labute approximate surface area is 338 Å². The highest BCUT2D eigenvalue weighted by atomic mass is 35.5. The highest BCUT2D eigenvalue weighted by Gasteiger charge is 2.27. The maximum absolute atomic E-state index is 12.4. The van der Waals surface area contributed by atoms with Gasteiger partial charge in [-0.2, -0.15) is 0 Å². The number of aromatic nitrogens is 6. The highest BCUT2D eigenvalue weighted by Crippen LogP contribution is 2.33. The van der Waals surface area contributed by atoms with Crippen LogP contribution in [0.3, 0.4) is 0 Å². The van der Waals surface area contributed by atoms with Crippen LogP contribution in [0.25, 0.3) is 21.8 Å². The number of halogens is 4. The van der Waals surface area contributed by atoms with Gasteiger partial charge in [-0.15, -0.1) is 33.7 Å². The van der Waals surface area contributed by atoms with Crippen LogP contribution in [0.15, 0.2) is 106 Å². The van der Waals surface area contributed by atoms with E-state index in [4.69, 9.17) is 65.0 Å². The van der Waals surface area contributed by atoms with Crippen molar-refractivity contribution in [1.29, 1.82) is 0 Å². The van der Waals surface area contributed by atoms with Crippen molar-refractivity contribution in [2.45, 2.75) is 28.9 Å². The van der Waals surface area contributed by atoms with Crippen molar-refractivity contribution in [3.63, 3.8) is 0 Å². The van der Waals surface area contributed by atoms with E-state index in [1.165, 1.54) is 24.9 Å². The summed E-state index contributed by atoms with van der Waals surface area (Å²) in [6.07, 6.45) is 9.93. The number of nitrogens with zero attached hydrogens (tertiary/aromatic N) is 6. The number of carbonyl (C=O) groups excluding carboxylic acids is 1. The summed E-state index contributed by atoms with van der Waals surface area (Å²) < 4.78 is 22.5. The van der Waals surface area contributed by atoms with Gasteiger partial charge in [0.2, 0.25) is 18.6 Å². The molecule has 0 aliphatic rings. The Balaban J connectivity index is 0.000000184. The largest absolute Gasteiger partial charge is 0.474 e. The number of pyridine rings is 4. The van der Waals surface area contributed by atoms with E-state index in [2.05, 4.69) is 36.2 Å². The molecular formula is C37H28Cl4N6O5S2. The van der Waals surface area contributed by atoms with Crippen molar-refractivity contribution in [3.8, 4) is 11.5 Å². The van der Waals surface area contributed by atoms with Gasteiger partial charge in [-0.3, -0.25) is 19.9 Å². The van der Waals surface area contributed by atoms with E-state index in [0.717, 1.165) is 31.6 Å². The molecule has 0 aliphatic heterocycles. The van der Waals surface area contributed by atoms with Gasteiger partial charge in [0.25, 0.3) is 5.89 Å². The molecule has 0 bridgehead atoms. The minimum absolute atomic E-state index is 0.221. The summed E-state index contributed by atoms with van der Waals surface area (Å²) in [5, 5.41) is 10.9. The van der Waals surface area contributed by atoms with E-state index < -0.39 is 18.2 Å². The van der Waals surface area contributed by atoms with Gasteiger partial charge in [0.05, 0.1) is 49.1 Å². The van der Waals surface area contributed by atoms with Gasteiger partial charge >= 0.3 is 5.97 Å². The first-order chi connectivity index (χ1) is 26.1.